The predicted molar refractivity (Wildman–Crippen MR) is 85.0 cm³/mol. The van der Waals surface area contributed by atoms with Crippen LogP contribution in [0.15, 0.2) is 46.3 Å². The third-order valence-corrected chi connectivity index (χ3v) is 4.76. The van der Waals surface area contributed by atoms with E-state index in [9.17, 15) is 0 Å². The van der Waals surface area contributed by atoms with E-state index in [1.54, 1.807) is 23.1 Å². The van der Waals surface area contributed by atoms with Crippen molar-refractivity contribution in [2.75, 3.05) is 0 Å². The number of hydrogen-bond acceptors (Lipinski definition) is 6. The first-order valence-corrected chi connectivity index (χ1v) is 8.51. The van der Waals surface area contributed by atoms with Crippen LogP contribution in [0.1, 0.15) is 17.0 Å². The SMILES string of the molecule is OCc1ccc(CSCc2nc(-c3cccs3)no2)cc1. The van der Waals surface area contributed by atoms with Gasteiger partial charge in [-0.3, -0.25) is 0 Å². The predicted octanol–water partition coefficient (Wildman–Crippen LogP) is 3.72. The highest BCUT2D eigenvalue weighted by Crippen LogP contribution is 2.23. The first-order chi connectivity index (χ1) is 10.3. The molecule has 3 aromatic rings. The number of thioether (sulfide) groups is 1. The van der Waals surface area contributed by atoms with Crippen LogP contribution in [0, 0.1) is 0 Å². The molecular formula is C15H14N2O2S2. The first-order valence-electron chi connectivity index (χ1n) is 6.48. The van der Waals surface area contributed by atoms with Crippen molar-refractivity contribution >= 4 is 23.1 Å². The summed E-state index contributed by atoms with van der Waals surface area (Å²) in [6.07, 6.45) is 0. The summed E-state index contributed by atoms with van der Waals surface area (Å²) in [5.74, 6) is 2.88. The summed E-state index contributed by atoms with van der Waals surface area (Å²) in [5, 5.41) is 15.0. The molecule has 1 N–H and O–H groups in total. The Kier molecular flexibility index (Phi) is 4.69. The number of rotatable bonds is 6. The molecule has 0 radical (unpaired) electrons. The van der Waals surface area contributed by atoms with Crippen LogP contribution in [0.25, 0.3) is 10.7 Å². The molecule has 6 heteroatoms. The maximum Gasteiger partial charge on any atom is 0.236 e. The van der Waals surface area contributed by atoms with Crippen LogP contribution in [0.2, 0.25) is 0 Å². The van der Waals surface area contributed by atoms with E-state index in [1.165, 1.54) is 5.56 Å². The standard InChI is InChI=1S/C15H14N2O2S2/c18-8-11-3-5-12(6-4-11)9-20-10-14-16-15(17-19-14)13-2-1-7-21-13/h1-7,18H,8-10H2. The Balaban J connectivity index is 1.53. The van der Waals surface area contributed by atoms with Gasteiger partial charge in [0.1, 0.15) is 0 Å². The Bertz CT molecular complexity index is 678. The fourth-order valence-electron chi connectivity index (χ4n) is 1.82. The molecule has 0 amide bonds. The molecule has 0 aliphatic heterocycles. The van der Waals surface area contributed by atoms with Gasteiger partial charge in [-0.05, 0) is 22.6 Å². The van der Waals surface area contributed by atoms with Gasteiger partial charge < -0.3 is 9.63 Å². The van der Waals surface area contributed by atoms with Crippen molar-refractivity contribution in [2.45, 2.75) is 18.1 Å². The molecule has 108 valence electrons. The second kappa shape index (κ2) is 6.89. The maximum atomic E-state index is 9.00. The van der Waals surface area contributed by atoms with E-state index in [2.05, 4.69) is 10.1 Å². The maximum absolute atomic E-state index is 9.00. The van der Waals surface area contributed by atoms with Crippen LogP contribution < -0.4 is 0 Å². The minimum atomic E-state index is 0.0842. The van der Waals surface area contributed by atoms with E-state index in [1.807, 2.05) is 41.8 Å². The van der Waals surface area contributed by atoms with Crippen LogP contribution in [0.3, 0.4) is 0 Å². The third-order valence-electron chi connectivity index (χ3n) is 2.91. The van der Waals surface area contributed by atoms with Gasteiger partial charge in [0.15, 0.2) is 0 Å². The van der Waals surface area contributed by atoms with E-state index in [0.717, 1.165) is 16.2 Å². The van der Waals surface area contributed by atoms with Gasteiger partial charge in [0.2, 0.25) is 11.7 Å². The van der Waals surface area contributed by atoms with Crippen LogP contribution in [0.5, 0.6) is 0 Å². The lowest BCUT2D eigenvalue weighted by Gasteiger charge is -2.01. The molecule has 0 unspecified atom stereocenters. The third kappa shape index (κ3) is 3.72. The van der Waals surface area contributed by atoms with E-state index >= 15 is 0 Å². The molecule has 0 fully saturated rings. The van der Waals surface area contributed by atoms with Crippen LogP contribution >= 0.6 is 23.1 Å². The quantitative estimate of drug-likeness (QED) is 0.750. The number of benzene rings is 1. The largest absolute Gasteiger partial charge is 0.392 e. The molecule has 0 spiro atoms. The van der Waals surface area contributed by atoms with Gasteiger partial charge in [-0.15, -0.1) is 23.1 Å². The van der Waals surface area contributed by atoms with Gasteiger partial charge in [-0.25, -0.2) is 0 Å². The van der Waals surface area contributed by atoms with Crippen molar-refractivity contribution in [3.05, 3.63) is 58.8 Å². The highest BCUT2D eigenvalue weighted by molar-refractivity contribution is 7.97. The van der Waals surface area contributed by atoms with E-state index in [4.69, 9.17) is 9.63 Å². The second-order valence-electron chi connectivity index (χ2n) is 4.46. The summed E-state index contributed by atoms with van der Waals surface area (Å²) < 4.78 is 5.25. The van der Waals surface area contributed by atoms with Crippen molar-refractivity contribution in [3.63, 3.8) is 0 Å². The summed E-state index contributed by atoms with van der Waals surface area (Å²) in [5.41, 5.74) is 2.15. The van der Waals surface area contributed by atoms with Crippen molar-refractivity contribution < 1.29 is 9.63 Å². The zero-order valence-corrected chi connectivity index (χ0v) is 12.9. The number of thiophene rings is 1. The highest BCUT2D eigenvalue weighted by atomic mass is 32.2. The number of nitrogens with zero attached hydrogens (tertiary/aromatic N) is 2. The fourth-order valence-corrected chi connectivity index (χ4v) is 3.29. The number of aliphatic hydroxyl groups is 1. The second-order valence-corrected chi connectivity index (χ2v) is 6.39. The van der Waals surface area contributed by atoms with Crippen molar-refractivity contribution in [1.29, 1.82) is 0 Å². The van der Waals surface area contributed by atoms with E-state index < -0.39 is 0 Å². The first kappa shape index (κ1) is 14.3. The molecule has 0 saturated heterocycles. The van der Waals surface area contributed by atoms with Crippen molar-refractivity contribution in [1.82, 2.24) is 10.1 Å². The highest BCUT2D eigenvalue weighted by Gasteiger charge is 2.09. The Morgan fingerprint density at radius 3 is 2.62 bits per heavy atom. The molecule has 3 rings (SSSR count). The summed E-state index contributed by atoms with van der Waals surface area (Å²) in [6.45, 7) is 0.0842. The summed E-state index contributed by atoms with van der Waals surface area (Å²) in [7, 11) is 0. The molecule has 0 bridgehead atoms. The van der Waals surface area contributed by atoms with Crippen LogP contribution in [-0.4, -0.2) is 15.2 Å². The van der Waals surface area contributed by atoms with Crippen molar-refractivity contribution in [3.8, 4) is 10.7 Å². The zero-order chi connectivity index (χ0) is 14.5. The molecule has 21 heavy (non-hydrogen) atoms. The lowest BCUT2D eigenvalue weighted by atomic mass is 10.2. The molecule has 0 saturated carbocycles. The molecule has 0 aliphatic carbocycles. The smallest absolute Gasteiger partial charge is 0.236 e. The molecule has 4 nitrogen and oxygen atoms in total. The van der Waals surface area contributed by atoms with Crippen LogP contribution in [0.4, 0.5) is 0 Å². The van der Waals surface area contributed by atoms with E-state index in [-0.39, 0.29) is 6.61 Å². The zero-order valence-electron chi connectivity index (χ0n) is 11.2. The topological polar surface area (TPSA) is 59.2 Å². The average molecular weight is 318 g/mol. The average Bonchev–Trinajstić information content (AvgIpc) is 3.19. The fraction of sp³-hybridized carbons (Fsp3) is 0.200. The van der Waals surface area contributed by atoms with Crippen molar-refractivity contribution in [2.24, 2.45) is 0 Å². The Hall–Kier alpha value is -1.63. The monoisotopic (exact) mass is 318 g/mol. The van der Waals surface area contributed by atoms with Gasteiger partial charge in [0, 0.05) is 5.75 Å². The van der Waals surface area contributed by atoms with E-state index in [0.29, 0.717) is 17.5 Å². The summed E-state index contributed by atoms with van der Waals surface area (Å²) in [6, 6.07) is 11.9. The normalized spacial score (nSPS) is 10.9. The van der Waals surface area contributed by atoms with Gasteiger partial charge >= 0.3 is 0 Å². The minimum absolute atomic E-state index is 0.0842. The van der Waals surface area contributed by atoms with Gasteiger partial charge in [-0.1, -0.05) is 35.5 Å². The molecule has 1 aromatic carbocycles. The lowest BCUT2D eigenvalue weighted by molar-refractivity contribution is 0.282. The Morgan fingerprint density at radius 1 is 1.10 bits per heavy atom. The summed E-state index contributed by atoms with van der Waals surface area (Å²) in [4.78, 5) is 5.41. The molecule has 0 aliphatic rings. The Labute approximate surface area is 130 Å². The lowest BCUT2D eigenvalue weighted by Crippen LogP contribution is -1.86. The number of aliphatic hydroxyl groups excluding tert-OH is 1. The molecule has 2 heterocycles. The minimum Gasteiger partial charge on any atom is -0.392 e. The van der Waals surface area contributed by atoms with Gasteiger partial charge in [0.25, 0.3) is 0 Å². The molecular weight excluding hydrogens is 304 g/mol. The summed E-state index contributed by atoms with van der Waals surface area (Å²) >= 11 is 3.33. The number of aromatic nitrogens is 2. The van der Waals surface area contributed by atoms with Gasteiger partial charge in [0.05, 0.1) is 17.2 Å². The molecule has 2 aromatic heterocycles. The number of hydrogen-bond donors (Lipinski definition) is 1. The van der Waals surface area contributed by atoms with Crippen LogP contribution in [-0.2, 0) is 18.1 Å². The Morgan fingerprint density at radius 2 is 1.90 bits per heavy atom. The molecule has 0 atom stereocenters. The van der Waals surface area contributed by atoms with Gasteiger partial charge in [-0.2, -0.15) is 4.98 Å².